The van der Waals surface area contributed by atoms with E-state index in [1.165, 1.54) is 55.0 Å². The minimum absolute atomic E-state index is 0.156. The Balaban J connectivity index is 1.31. The molecule has 1 N–H and O–H groups in total. The fraction of sp³-hybridized carbons (Fsp3) is 0.571. The lowest BCUT2D eigenvalue weighted by atomic mass is 9.87. The minimum Gasteiger partial charge on any atom is -0.357 e. The van der Waals surface area contributed by atoms with Crippen molar-refractivity contribution >= 4 is 34.1 Å². The molecule has 7 heteroatoms. The van der Waals surface area contributed by atoms with E-state index < -0.39 is 0 Å². The van der Waals surface area contributed by atoms with E-state index in [4.69, 9.17) is 0 Å². The summed E-state index contributed by atoms with van der Waals surface area (Å²) in [5.41, 5.74) is 2.69. The van der Waals surface area contributed by atoms with Crippen molar-refractivity contribution in [1.82, 2.24) is 15.1 Å². The summed E-state index contributed by atoms with van der Waals surface area (Å²) in [6.45, 7) is 0. The van der Waals surface area contributed by atoms with E-state index in [0.717, 1.165) is 28.7 Å². The molecule has 1 heterocycles. The first kappa shape index (κ1) is 19.7. The molecule has 0 aliphatic heterocycles. The van der Waals surface area contributed by atoms with Gasteiger partial charge in [-0.15, -0.1) is 10.2 Å². The Labute approximate surface area is 175 Å². The van der Waals surface area contributed by atoms with Gasteiger partial charge in [-0.3, -0.25) is 4.79 Å². The Morgan fingerprint density at radius 1 is 1.18 bits per heavy atom. The largest absolute Gasteiger partial charge is 0.357 e. The van der Waals surface area contributed by atoms with Crippen molar-refractivity contribution in [2.45, 2.75) is 67.8 Å². The zero-order valence-corrected chi connectivity index (χ0v) is 18.0. The SMILES string of the molecule is CN(C(=O)CSc1nnc(NC2CCCCC2)s1)C1CCCc2ccccc21. The maximum atomic E-state index is 12.8. The molecule has 1 aromatic carbocycles. The molecule has 0 radical (unpaired) electrons. The highest BCUT2D eigenvalue weighted by atomic mass is 32.2. The maximum Gasteiger partial charge on any atom is 0.233 e. The fourth-order valence-corrected chi connectivity index (χ4v) is 6.03. The predicted molar refractivity (Wildman–Crippen MR) is 116 cm³/mol. The van der Waals surface area contributed by atoms with Crippen molar-refractivity contribution in [2.24, 2.45) is 0 Å². The highest BCUT2D eigenvalue weighted by molar-refractivity contribution is 8.01. The van der Waals surface area contributed by atoms with Gasteiger partial charge in [0.1, 0.15) is 0 Å². The number of amides is 1. The number of rotatable bonds is 6. The van der Waals surface area contributed by atoms with E-state index in [1.54, 1.807) is 11.3 Å². The molecule has 1 saturated carbocycles. The van der Waals surface area contributed by atoms with Gasteiger partial charge in [0, 0.05) is 13.1 Å². The van der Waals surface area contributed by atoms with Crippen LogP contribution in [0.4, 0.5) is 5.13 Å². The third-order valence-electron chi connectivity index (χ3n) is 5.86. The molecule has 1 aromatic heterocycles. The molecule has 150 valence electrons. The van der Waals surface area contributed by atoms with Gasteiger partial charge < -0.3 is 10.2 Å². The molecule has 0 spiro atoms. The van der Waals surface area contributed by atoms with Gasteiger partial charge in [-0.1, -0.05) is 66.6 Å². The molecule has 1 fully saturated rings. The quantitative estimate of drug-likeness (QED) is 0.678. The van der Waals surface area contributed by atoms with Gasteiger partial charge in [0.05, 0.1) is 11.8 Å². The first-order valence-electron chi connectivity index (χ1n) is 10.3. The topological polar surface area (TPSA) is 58.1 Å². The number of hydrogen-bond donors (Lipinski definition) is 1. The van der Waals surface area contributed by atoms with Crippen molar-refractivity contribution in [3.63, 3.8) is 0 Å². The summed E-state index contributed by atoms with van der Waals surface area (Å²) in [5.74, 6) is 0.566. The lowest BCUT2D eigenvalue weighted by Gasteiger charge is -2.33. The van der Waals surface area contributed by atoms with Crippen molar-refractivity contribution in [1.29, 1.82) is 0 Å². The van der Waals surface area contributed by atoms with Crippen LogP contribution in [0.2, 0.25) is 0 Å². The highest BCUT2D eigenvalue weighted by Crippen LogP contribution is 2.34. The average molecular weight is 417 g/mol. The Morgan fingerprint density at radius 2 is 2.00 bits per heavy atom. The first-order valence-corrected chi connectivity index (χ1v) is 12.1. The van der Waals surface area contributed by atoms with E-state index in [0.29, 0.717) is 11.8 Å². The zero-order chi connectivity index (χ0) is 19.3. The lowest BCUT2D eigenvalue weighted by Crippen LogP contribution is -2.34. The minimum atomic E-state index is 0.156. The second kappa shape index (κ2) is 9.27. The molecule has 5 nitrogen and oxygen atoms in total. The van der Waals surface area contributed by atoms with Crippen LogP contribution in [0, 0.1) is 0 Å². The number of carbonyl (C=O) groups is 1. The molecule has 2 aliphatic rings. The molecular weight excluding hydrogens is 388 g/mol. The van der Waals surface area contributed by atoms with Crippen molar-refractivity contribution < 1.29 is 4.79 Å². The van der Waals surface area contributed by atoms with Crippen molar-refractivity contribution in [2.75, 3.05) is 18.1 Å². The van der Waals surface area contributed by atoms with Crippen molar-refractivity contribution in [3.05, 3.63) is 35.4 Å². The van der Waals surface area contributed by atoms with Crippen LogP contribution < -0.4 is 5.32 Å². The summed E-state index contributed by atoms with van der Waals surface area (Å²) in [4.78, 5) is 14.7. The van der Waals surface area contributed by atoms with Crippen LogP contribution in [-0.2, 0) is 11.2 Å². The Bertz CT molecular complexity index is 803. The van der Waals surface area contributed by atoms with Gasteiger partial charge in [-0.25, -0.2) is 0 Å². The fourth-order valence-electron chi connectivity index (χ4n) is 4.28. The lowest BCUT2D eigenvalue weighted by molar-refractivity contribution is -0.129. The number of aromatic nitrogens is 2. The van der Waals surface area contributed by atoms with Gasteiger partial charge >= 0.3 is 0 Å². The van der Waals surface area contributed by atoms with Crippen LogP contribution >= 0.6 is 23.1 Å². The van der Waals surface area contributed by atoms with Gasteiger partial charge in [0.25, 0.3) is 0 Å². The molecule has 4 rings (SSSR count). The number of carbonyl (C=O) groups excluding carboxylic acids is 1. The number of nitrogens with zero attached hydrogens (tertiary/aromatic N) is 3. The van der Waals surface area contributed by atoms with E-state index in [1.807, 2.05) is 11.9 Å². The van der Waals surface area contributed by atoms with Crippen molar-refractivity contribution in [3.8, 4) is 0 Å². The number of benzene rings is 1. The third-order valence-corrected chi connectivity index (χ3v) is 7.83. The zero-order valence-electron chi connectivity index (χ0n) is 16.4. The summed E-state index contributed by atoms with van der Waals surface area (Å²) in [7, 11) is 1.94. The monoisotopic (exact) mass is 416 g/mol. The van der Waals surface area contributed by atoms with Gasteiger partial charge in [0.2, 0.25) is 11.0 Å². The average Bonchev–Trinajstić information content (AvgIpc) is 3.19. The molecule has 28 heavy (non-hydrogen) atoms. The van der Waals surface area contributed by atoms with E-state index in [-0.39, 0.29) is 11.9 Å². The van der Waals surface area contributed by atoms with E-state index in [2.05, 4.69) is 39.8 Å². The standard InChI is InChI=1S/C21H28N4OS2/c1-25(18-13-7-9-15-8-5-6-12-17(15)18)19(26)14-27-21-24-23-20(28-21)22-16-10-3-2-4-11-16/h5-6,8,12,16,18H,2-4,7,9-11,13-14H2,1H3,(H,22,23). The normalized spacial score (nSPS) is 19.8. The Hall–Kier alpha value is -1.60. The summed E-state index contributed by atoms with van der Waals surface area (Å²) in [5, 5.41) is 12.9. The number of anilines is 1. The van der Waals surface area contributed by atoms with Crippen LogP contribution in [0.25, 0.3) is 0 Å². The predicted octanol–water partition coefficient (Wildman–Crippen LogP) is 4.91. The summed E-state index contributed by atoms with van der Waals surface area (Å²) < 4.78 is 0.865. The molecule has 2 aromatic rings. The molecule has 0 bridgehead atoms. The molecule has 0 saturated heterocycles. The summed E-state index contributed by atoms with van der Waals surface area (Å²) in [6.07, 6.45) is 9.66. The van der Waals surface area contributed by atoms with Crippen LogP contribution in [0.5, 0.6) is 0 Å². The van der Waals surface area contributed by atoms with E-state index in [9.17, 15) is 4.79 Å². The van der Waals surface area contributed by atoms with Gasteiger partial charge in [0.15, 0.2) is 4.34 Å². The number of hydrogen-bond acceptors (Lipinski definition) is 6. The van der Waals surface area contributed by atoms with Crippen LogP contribution in [0.3, 0.4) is 0 Å². The summed E-state index contributed by atoms with van der Waals surface area (Å²) in [6, 6.07) is 9.25. The highest BCUT2D eigenvalue weighted by Gasteiger charge is 2.26. The molecule has 2 aliphatic carbocycles. The second-order valence-electron chi connectivity index (χ2n) is 7.75. The number of thioether (sulfide) groups is 1. The second-order valence-corrected chi connectivity index (χ2v) is 9.95. The van der Waals surface area contributed by atoms with Crippen LogP contribution in [0.1, 0.15) is 62.1 Å². The Morgan fingerprint density at radius 3 is 2.86 bits per heavy atom. The van der Waals surface area contributed by atoms with Gasteiger partial charge in [-0.2, -0.15) is 0 Å². The number of aryl methyl sites for hydroxylation is 1. The van der Waals surface area contributed by atoms with E-state index >= 15 is 0 Å². The number of nitrogens with one attached hydrogen (secondary N) is 1. The molecule has 1 amide bonds. The Kier molecular flexibility index (Phi) is 6.52. The third kappa shape index (κ3) is 4.69. The van der Waals surface area contributed by atoms with Crippen LogP contribution in [-0.4, -0.2) is 39.8 Å². The molecular formula is C21H28N4OS2. The van der Waals surface area contributed by atoms with Gasteiger partial charge in [-0.05, 0) is 43.2 Å². The molecule has 1 unspecified atom stereocenters. The smallest absolute Gasteiger partial charge is 0.233 e. The number of fused-ring (bicyclic) bond motifs is 1. The molecule has 1 atom stereocenters. The van der Waals surface area contributed by atoms with Crippen LogP contribution in [0.15, 0.2) is 28.6 Å². The summed E-state index contributed by atoms with van der Waals surface area (Å²) >= 11 is 3.06. The maximum absolute atomic E-state index is 12.8. The first-order chi connectivity index (χ1) is 13.7.